The summed E-state index contributed by atoms with van der Waals surface area (Å²) >= 11 is 0. The number of methoxy groups -OCH3 is 1. The Bertz CT molecular complexity index is 976. The molecule has 5 nitrogen and oxygen atoms in total. The van der Waals surface area contributed by atoms with Crippen molar-refractivity contribution in [1.29, 1.82) is 0 Å². The molecule has 3 aliphatic rings. The van der Waals surface area contributed by atoms with Crippen molar-refractivity contribution in [3.8, 4) is 11.5 Å². The number of hydrogen-bond acceptors (Lipinski definition) is 5. The molecular formula is C25H31N3O2. The van der Waals surface area contributed by atoms with E-state index in [2.05, 4.69) is 61.0 Å². The molecule has 5 heteroatoms. The van der Waals surface area contributed by atoms with E-state index in [1.807, 2.05) is 12.1 Å². The molecule has 2 aromatic rings. The molecule has 0 radical (unpaired) electrons. The Morgan fingerprint density at radius 1 is 1.13 bits per heavy atom. The molecule has 0 saturated carbocycles. The summed E-state index contributed by atoms with van der Waals surface area (Å²) in [6, 6.07) is 15.6. The second-order valence-corrected chi connectivity index (χ2v) is 9.06. The van der Waals surface area contributed by atoms with Crippen LogP contribution in [0.5, 0.6) is 11.5 Å². The second kappa shape index (κ2) is 7.31. The molecule has 30 heavy (non-hydrogen) atoms. The van der Waals surface area contributed by atoms with Crippen molar-refractivity contribution >= 4 is 5.71 Å². The van der Waals surface area contributed by atoms with Gasteiger partial charge in [-0.05, 0) is 39.0 Å². The van der Waals surface area contributed by atoms with Crippen molar-refractivity contribution in [2.24, 2.45) is 5.10 Å². The van der Waals surface area contributed by atoms with Gasteiger partial charge in [-0.15, -0.1) is 0 Å². The van der Waals surface area contributed by atoms with Gasteiger partial charge in [0.15, 0.2) is 0 Å². The topological polar surface area (TPSA) is 37.3 Å². The van der Waals surface area contributed by atoms with Crippen LogP contribution in [0.15, 0.2) is 47.6 Å². The fourth-order valence-corrected chi connectivity index (χ4v) is 5.10. The van der Waals surface area contributed by atoms with Gasteiger partial charge in [-0.25, -0.2) is 5.01 Å². The van der Waals surface area contributed by atoms with Gasteiger partial charge in [-0.1, -0.05) is 29.8 Å². The Morgan fingerprint density at radius 3 is 2.67 bits per heavy atom. The van der Waals surface area contributed by atoms with Gasteiger partial charge in [0.2, 0.25) is 5.72 Å². The highest BCUT2D eigenvalue weighted by atomic mass is 16.5. The predicted octanol–water partition coefficient (Wildman–Crippen LogP) is 4.75. The minimum absolute atomic E-state index is 0.223. The molecule has 1 fully saturated rings. The molecule has 5 rings (SSSR count). The lowest BCUT2D eigenvalue weighted by molar-refractivity contribution is -0.152. The fraction of sp³-hybridized carbons (Fsp3) is 0.480. The average molecular weight is 406 g/mol. The highest BCUT2D eigenvalue weighted by molar-refractivity contribution is 6.02. The summed E-state index contributed by atoms with van der Waals surface area (Å²) in [4.78, 5) is 2.54. The first-order valence-corrected chi connectivity index (χ1v) is 11.0. The van der Waals surface area contributed by atoms with E-state index in [-0.39, 0.29) is 11.8 Å². The number of aryl methyl sites for hydroxylation is 1. The maximum atomic E-state index is 6.75. The molecule has 0 N–H and O–H groups in total. The molecule has 1 saturated heterocycles. The molecule has 1 spiro atoms. The number of benzene rings is 2. The van der Waals surface area contributed by atoms with E-state index in [1.54, 1.807) is 7.11 Å². The Kier molecular flexibility index (Phi) is 4.73. The summed E-state index contributed by atoms with van der Waals surface area (Å²) < 4.78 is 12.2. The van der Waals surface area contributed by atoms with Gasteiger partial charge in [0.05, 0.1) is 18.9 Å². The van der Waals surface area contributed by atoms with Crippen molar-refractivity contribution in [2.75, 3.05) is 20.2 Å². The number of likely N-dealkylation sites (tertiary alicyclic amines) is 1. The van der Waals surface area contributed by atoms with Crippen LogP contribution in [-0.4, -0.2) is 47.6 Å². The summed E-state index contributed by atoms with van der Waals surface area (Å²) in [5.41, 5.74) is 4.40. The number of nitrogens with zero attached hydrogens (tertiary/aromatic N) is 3. The molecule has 0 bridgehead atoms. The van der Waals surface area contributed by atoms with Crippen LogP contribution in [0.1, 0.15) is 55.8 Å². The summed E-state index contributed by atoms with van der Waals surface area (Å²) in [6.07, 6.45) is 2.82. The average Bonchev–Trinajstić information content (AvgIpc) is 3.22. The maximum Gasteiger partial charge on any atom is 0.200 e. The van der Waals surface area contributed by atoms with E-state index in [1.165, 1.54) is 11.1 Å². The molecule has 3 aliphatic heterocycles. The van der Waals surface area contributed by atoms with Crippen LogP contribution in [-0.2, 0) is 0 Å². The number of fused-ring (bicyclic) bond motifs is 4. The van der Waals surface area contributed by atoms with Gasteiger partial charge >= 0.3 is 0 Å². The molecule has 2 aromatic carbocycles. The number of hydrazone groups is 1. The van der Waals surface area contributed by atoms with Gasteiger partial charge in [-0.2, -0.15) is 5.10 Å². The smallest absolute Gasteiger partial charge is 0.200 e. The number of ether oxygens (including phenoxy) is 2. The minimum Gasteiger partial charge on any atom is -0.497 e. The van der Waals surface area contributed by atoms with Crippen molar-refractivity contribution in [1.82, 2.24) is 9.91 Å². The van der Waals surface area contributed by atoms with E-state index < -0.39 is 0 Å². The predicted molar refractivity (Wildman–Crippen MR) is 119 cm³/mol. The largest absolute Gasteiger partial charge is 0.497 e. The second-order valence-electron chi connectivity index (χ2n) is 9.06. The summed E-state index contributed by atoms with van der Waals surface area (Å²) in [6.45, 7) is 8.76. The SMILES string of the molecule is COc1cccc(C2=NN3[C@H](C2)c2cc(C)ccc2OC32CCN(C(C)C)CC2)c1. The van der Waals surface area contributed by atoms with Gasteiger partial charge < -0.3 is 14.4 Å². The number of rotatable bonds is 3. The molecule has 0 amide bonds. The third kappa shape index (κ3) is 3.16. The van der Waals surface area contributed by atoms with Crippen molar-refractivity contribution in [3.05, 3.63) is 59.2 Å². The first-order chi connectivity index (χ1) is 14.5. The maximum absolute atomic E-state index is 6.75. The Labute approximate surface area is 179 Å². The zero-order chi connectivity index (χ0) is 20.9. The first kappa shape index (κ1) is 19.4. The third-order valence-electron chi connectivity index (χ3n) is 6.86. The normalized spacial score (nSPS) is 22.5. The van der Waals surface area contributed by atoms with Crippen LogP contribution in [0.4, 0.5) is 0 Å². The minimum atomic E-state index is -0.362. The Balaban J connectivity index is 1.54. The summed E-state index contributed by atoms with van der Waals surface area (Å²) in [5.74, 6) is 1.90. The highest BCUT2D eigenvalue weighted by Gasteiger charge is 2.52. The van der Waals surface area contributed by atoms with E-state index >= 15 is 0 Å². The fourth-order valence-electron chi connectivity index (χ4n) is 5.10. The molecule has 3 heterocycles. The van der Waals surface area contributed by atoms with Crippen LogP contribution in [0.25, 0.3) is 0 Å². The van der Waals surface area contributed by atoms with Gasteiger partial charge in [0.1, 0.15) is 11.5 Å². The highest BCUT2D eigenvalue weighted by Crippen LogP contribution is 2.50. The lowest BCUT2D eigenvalue weighted by atomic mass is 9.90. The number of hydrogen-bond donors (Lipinski definition) is 0. The van der Waals surface area contributed by atoms with E-state index in [0.717, 1.165) is 55.1 Å². The van der Waals surface area contributed by atoms with E-state index in [4.69, 9.17) is 14.6 Å². The lowest BCUT2D eigenvalue weighted by Gasteiger charge is -2.51. The molecule has 0 aromatic heterocycles. The van der Waals surface area contributed by atoms with Gasteiger partial charge in [0, 0.05) is 49.5 Å². The van der Waals surface area contributed by atoms with Gasteiger partial charge in [-0.3, -0.25) is 0 Å². The van der Waals surface area contributed by atoms with Crippen LogP contribution in [0.2, 0.25) is 0 Å². The number of piperidine rings is 1. The Morgan fingerprint density at radius 2 is 1.93 bits per heavy atom. The summed E-state index contributed by atoms with van der Waals surface area (Å²) in [5, 5.41) is 7.47. The first-order valence-electron chi connectivity index (χ1n) is 11.0. The quantitative estimate of drug-likeness (QED) is 0.739. The van der Waals surface area contributed by atoms with Crippen LogP contribution in [0, 0.1) is 6.92 Å². The molecule has 158 valence electrons. The molecule has 0 aliphatic carbocycles. The van der Waals surface area contributed by atoms with Crippen molar-refractivity contribution in [3.63, 3.8) is 0 Å². The lowest BCUT2D eigenvalue weighted by Crippen LogP contribution is -2.59. The molecule has 1 atom stereocenters. The van der Waals surface area contributed by atoms with E-state index in [9.17, 15) is 0 Å². The molecular weight excluding hydrogens is 374 g/mol. The zero-order valence-corrected chi connectivity index (χ0v) is 18.4. The van der Waals surface area contributed by atoms with Crippen LogP contribution in [0.3, 0.4) is 0 Å². The van der Waals surface area contributed by atoms with Crippen LogP contribution >= 0.6 is 0 Å². The summed E-state index contributed by atoms with van der Waals surface area (Å²) in [7, 11) is 1.71. The molecule has 0 unspecified atom stereocenters. The van der Waals surface area contributed by atoms with Crippen molar-refractivity contribution < 1.29 is 9.47 Å². The standard InChI is InChI=1S/C25H31N3O2/c1-17(2)27-12-10-25(11-13-27)28-23(21-14-18(3)8-9-24(21)30-25)16-22(26-28)19-6-5-7-20(15-19)29-4/h5-9,14-15,17,23H,10-13,16H2,1-4H3/t23-/m1/s1. The van der Waals surface area contributed by atoms with E-state index in [0.29, 0.717) is 6.04 Å². The zero-order valence-electron chi connectivity index (χ0n) is 18.4. The Hall–Kier alpha value is -2.53. The van der Waals surface area contributed by atoms with Crippen LogP contribution < -0.4 is 9.47 Å². The monoisotopic (exact) mass is 405 g/mol. The van der Waals surface area contributed by atoms with Crippen molar-refractivity contribution in [2.45, 2.75) is 57.8 Å². The third-order valence-corrected chi connectivity index (χ3v) is 6.86. The van der Waals surface area contributed by atoms with Gasteiger partial charge in [0.25, 0.3) is 0 Å².